The maximum Gasteiger partial charge on any atom is 0.184 e. The number of rotatable bonds is 6. The second-order valence-electron chi connectivity index (χ2n) is 3.60. The molecule has 0 bridgehead atoms. The van der Waals surface area contributed by atoms with E-state index in [0.29, 0.717) is 0 Å². The lowest BCUT2D eigenvalue weighted by Gasteiger charge is -2.39. The highest BCUT2D eigenvalue weighted by molar-refractivity contribution is 4.89. The van der Waals surface area contributed by atoms with Crippen molar-refractivity contribution in [2.24, 2.45) is 0 Å². The average Bonchev–Trinajstić information content (AvgIpc) is 2.33. The van der Waals surface area contributed by atoms with Crippen molar-refractivity contribution in [3.63, 3.8) is 0 Å². The van der Waals surface area contributed by atoms with Crippen molar-refractivity contribution in [3.8, 4) is 0 Å². The van der Waals surface area contributed by atoms with Crippen LogP contribution in [0.3, 0.4) is 0 Å². The smallest absolute Gasteiger partial charge is 0.184 e. The maximum absolute atomic E-state index is 9.73. The normalized spacial score (nSPS) is 37.8. The van der Waals surface area contributed by atoms with Crippen molar-refractivity contribution in [3.05, 3.63) is 12.8 Å². The molecule has 0 aromatic rings. The van der Waals surface area contributed by atoms with E-state index in [2.05, 4.69) is 6.58 Å². The largest absolute Gasteiger partial charge is 0.499 e. The van der Waals surface area contributed by atoms with Gasteiger partial charge in [0.1, 0.15) is 31.0 Å². The molecular formula is C10H18O7. The summed E-state index contributed by atoms with van der Waals surface area (Å²) in [5.74, 6) is 0. The molecule has 0 aliphatic carbocycles. The van der Waals surface area contributed by atoms with Gasteiger partial charge in [0.2, 0.25) is 0 Å². The third-order valence-corrected chi connectivity index (χ3v) is 2.47. The van der Waals surface area contributed by atoms with Gasteiger partial charge in [-0.25, -0.2) is 0 Å². The summed E-state index contributed by atoms with van der Waals surface area (Å²) in [4.78, 5) is 0. The fraction of sp³-hybridized carbons (Fsp3) is 0.800. The fourth-order valence-corrected chi connectivity index (χ4v) is 1.58. The lowest BCUT2D eigenvalue weighted by atomic mass is 9.99. The molecule has 0 amide bonds. The molecule has 7 nitrogen and oxygen atoms in total. The monoisotopic (exact) mass is 250 g/mol. The second-order valence-corrected chi connectivity index (χ2v) is 3.60. The van der Waals surface area contributed by atoms with E-state index in [-0.39, 0.29) is 13.2 Å². The zero-order valence-corrected chi connectivity index (χ0v) is 9.31. The minimum atomic E-state index is -1.50. The molecule has 1 saturated heterocycles. The highest BCUT2D eigenvalue weighted by Gasteiger charge is 2.44. The Hall–Kier alpha value is -0.700. The van der Waals surface area contributed by atoms with Crippen LogP contribution < -0.4 is 0 Å². The van der Waals surface area contributed by atoms with Crippen LogP contribution in [0.15, 0.2) is 12.8 Å². The van der Waals surface area contributed by atoms with Gasteiger partial charge in [-0.1, -0.05) is 6.58 Å². The van der Waals surface area contributed by atoms with Crippen LogP contribution in [0.4, 0.5) is 0 Å². The van der Waals surface area contributed by atoms with Crippen molar-refractivity contribution < 1.29 is 34.6 Å². The van der Waals surface area contributed by atoms with Crippen LogP contribution in [0.25, 0.3) is 0 Å². The van der Waals surface area contributed by atoms with Gasteiger partial charge in [0, 0.05) is 0 Å². The molecular weight excluding hydrogens is 232 g/mol. The van der Waals surface area contributed by atoms with Crippen LogP contribution in [0.1, 0.15) is 0 Å². The molecule has 1 fully saturated rings. The minimum absolute atomic E-state index is 0.107. The quantitative estimate of drug-likeness (QED) is 0.318. The third kappa shape index (κ3) is 3.63. The molecule has 0 aromatic carbocycles. The Balaban J connectivity index is 2.49. The van der Waals surface area contributed by atoms with Gasteiger partial charge in [-0.2, -0.15) is 0 Å². The Labute approximate surface area is 98.8 Å². The van der Waals surface area contributed by atoms with Gasteiger partial charge >= 0.3 is 0 Å². The van der Waals surface area contributed by atoms with E-state index >= 15 is 0 Å². The lowest BCUT2D eigenvalue weighted by molar-refractivity contribution is -0.294. The van der Waals surface area contributed by atoms with Gasteiger partial charge in [-0.3, -0.25) is 0 Å². The molecule has 0 spiro atoms. The van der Waals surface area contributed by atoms with E-state index in [0.717, 1.165) is 0 Å². The van der Waals surface area contributed by atoms with Gasteiger partial charge in [0.15, 0.2) is 6.29 Å². The SMILES string of the molecule is C=COCCO[C@H]1[C@H](O)[C@@H](CO)OC(O)[C@@H]1O. The molecule has 7 heteroatoms. The van der Waals surface area contributed by atoms with Crippen LogP contribution >= 0.6 is 0 Å². The van der Waals surface area contributed by atoms with Gasteiger partial charge in [0.05, 0.1) is 19.5 Å². The van der Waals surface area contributed by atoms with Crippen LogP contribution in [0.2, 0.25) is 0 Å². The molecule has 0 aromatic heterocycles. The molecule has 17 heavy (non-hydrogen) atoms. The predicted octanol–water partition coefficient (Wildman–Crippen LogP) is -2.04. The van der Waals surface area contributed by atoms with Crippen molar-refractivity contribution in [2.45, 2.75) is 30.7 Å². The Morgan fingerprint density at radius 1 is 1.18 bits per heavy atom. The van der Waals surface area contributed by atoms with Crippen molar-refractivity contribution in [1.82, 2.24) is 0 Å². The summed E-state index contributed by atoms with van der Waals surface area (Å²) < 4.78 is 14.8. The Kier molecular flexibility index (Phi) is 5.83. The van der Waals surface area contributed by atoms with E-state index in [4.69, 9.17) is 19.3 Å². The third-order valence-electron chi connectivity index (χ3n) is 2.47. The van der Waals surface area contributed by atoms with Gasteiger partial charge in [-0.05, 0) is 0 Å². The molecule has 100 valence electrons. The molecule has 1 heterocycles. The first-order valence-electron chi connectivity index (χ1n) is 5.26. The number of aliphatic hydroxyl groups excluding tert-OH is 4. The zero-order chi connectivity index (χ0) is 12.8. The topological polar surface area (TPSA) is 109 Å². The first-order valence-corrected chi connectivity index (χ1v) is 5.26. The van der Waals surface area contributed by atoms with Crippen molar-refractivity contribution in [2.75, 3.05) is 19.8 Å². The number of aliphatic hydroxyl groups is 4. The lowest BCUT2D eigenvalue weighted by Crippen LogP contribution is -2.59. The average molecular weight is 250 g/mol. The van der Waals surface area contributed by atoms with E-state index < -0.39 is 37.3 Å². The molecule has 1 unspecified atom stereocenters. The summed E-state index contributed by atoms with van der Waals surface area (Å²) in [5.41, 5.74) is 0. The van der Waals surface area contributed by atoms with E-state index in [1.165, 1.54) is 6.26 Å². The summed E-state index contributed by atoms with van der Waals surface area (Å²) >= 11 is 0. The summed E-state index contributed by atoms with van der Waals surface area (Å²) in [7, 11) is 0. The van der Waals surface area contributed by atoms with Crippen molar-refractivity contribution >= 4 is 0 Å². The summed E-state index contributed by atoms with van der Waals surface area (Å²) in [5, 5.41) is 37.6. The maximum atomic E-state index is 9.73. The Morgan fingerprint density at radius 3 is 2.47 bits per heavy atom. The summed E-state index contributed by atoms with van der Waals surface area (Å²) in [6.07, 6.45) is -4.88. The van der Waals surface area contributed by atoms with Crippen LogP contribution in [0, 0.1) is 0 Å². The van der Waals surface area contributed by atoms with Gasteiger partial charge in [0.25, 0.3) is 0 Å². The predicted molar refractivity (Wildman–Crippen MR) is 55.9 cm³/mol. The van der Waals surface area contributed by atoms with Crippen LogP contribution in [-0.4, -0.2) is 71.0 Å². The van der Waals surface area contributed by atoms with Gasteiger partial charge in [-0.15, -0.1) is 0 Å². The number of ether oxygens (including phenoxy) is 3. The molecule has 5 atom stereocenters. The zero-order valence-electron chi connectivity index (χ0n) is 9.31. The highest BCUT2D eigenvalue weighted by Crippen LogP contribution is 2.22. The molecule has 0 saturated carbocycles. The summed E-state index contributed by atoms with van der Waals surface area (Å²) in [6, 6.07) is 0. The standard InChI is InChI=1S/C10H18O7/c1-2-15-3-4-16-9-7(12)6(5-11)17-10(14)8(9)13/h2,6-14H,1,3-5H2/t6-,7-,8-,9+,10?/m1/s1. The molecule has 1 aliphatic rings. The summed E-state index contributed by atoms with van der Waals surface area (Å²) in [6.45, 7) is 3.18. The number of hydrogen-bond donors (Lipinski definition) is 4. The first kappa shape index (κ1) is 14.4. The Bertz CT molecular complexity index is 235. The number of hydrogen-bond acceptors (Lipinski definition) is 7. The van der Waals surface area contributed by atoms with E-state index in [9.17, 15) is 15.3 Å². The first-order chi connectivity index (χ1) is 8.11. The Morgan fingerprint density at radius 2 is 1.88 bits per heavy atom. The second kappa shape index (κ2) is 6.90. The van der Waals surface area contributed by atoms with Gasteiger partial charge < -0.3 is 34.6 Å². The van der Waals surface area contributed by atoms with E-state index in [1.807, 2.05) is 0 Å². The molecule has 1 aliphatic heterocycles. The fourth-order valence-electron chi connectivity index (χ4n) is 1.58. The highest BCUT2D eigenvalue weighted by atomic mass is 16.6. The van der Waals surface area contributed by atoms with Crippen LogP contribution in [0.5, 0.6) is 0 Å². The van der Waals surface area contributed by atoms with Crippen molar-refractivity contribution in [1.29, 1.82) is 0 Å². The van der Waals surface area contributed by atoms with E-state index in [1.54, 1.807) is 0 Å². The van der Waals surface area contributed by atoms with Crippen LogP contribution in [-0.2, 0) is 14.2 Å². The minimum Gasteiger partial charge on any atom is -0.499 e. The molecule has 0 radical (unpaired) electrons. The molecule has 1 rings (SSSR count). The molecule has 4 N–H and O–H groups in total.